The molecule has 1 aliphatic heterocycles. The van der Waals surface area contributed by atoms with E-state index in [1.165, 1.54) is 42.5 Å². The number of ether oxygens (including phenoxy) is 1. The summed E-state index contributed by atoms with van der Waals surface area (Å²) in [5, 5.41) is 0. The zero-order chi connectivity index (χ0) is 18.2. The lowest BCUT2D eigenvalue weighted by Gasteiger charge is -2.15. The van der Waals surface area contributed by atoms with E-state index in [0.717, 1.165) is 0 Å². The molecule has 0 aromatic heterocycles. The standard InChI is InChI=1S/C17H16O6S2/c1-2-23-17(18)16-7-6-12-8-13(16)11-25(21,22)15-5-3-4-14(9-15)24(19,20)10-12/h3-9H,2,10-11H2,1H3. The van der Waals surface area contributed by atoms with E-state index in [1.54, 1.807) is 6.92 Å². The van der Waals surface area contributed by atoms with Crippen molar-refractivity contribution >= 4 is 25.6 Å². The van der Waals surface area contributed by atoms with Crippen molar-refractivity contribution in [2.24, 2.45) is 0 Å². The van der Waals surface area contributed by atoms with Crippen LogP contribution in [-0.2, 0) is 35.9 Å². The number of carbonyl (C=O) groups is 1. The number of benzene rings is 2. The van der Waals surface area contributed by atoms with E-state index in [4.69, 9.17) is 4.74 Å². The minimum absolute atomic E-state index is 0.0357. The van der Waals surface area contributed by atoms with Gasteiger partial charge in [0, 0.05) is 0 Å². The molecule has 1 heterocycles. The van der Waals surface area contributed by atoms with Gasteiger partial charge in [0.2, 0.25) is 0 Å². The van der Waals surface area contributed by atoms with Gasteiger partial charge < -0.3 is 4.74 Å². The van der Waals surface area contributed by atoms with Crippen LogP contribution in [0.2, 0.25) is 0 Å². The number of fused-ring (bicyclic) bond motifs is 4. The molecule has 0 saturated heterocycles. The van der Waals surface area contributed by atoms with Gasteiger partial charge in [0.15, 0.2) is 19.7 Å². The first kappa shape index (κ1) is 17.6. The third-order valence-corrected chi connectivity index (χ3v) is 7.24. The van der Waals surface area contributed by atoms with Gasteiger partial charge in [0.25, 0.3) is 0 Å². The van der Waals surface area contributed by atoms with Crippen molar-refractivity contribution < 1.29 is 26.4 Å². The average Bonchev–Trinajstić information content (AvgIpc) is 2.54. The summed E-state index contributed by atoms with van der Waals surface area (Å²) in [6.45, 7) is 1.81. The number of hydrogen-bond donors (Lipinski definition) is 0. The number of esters is 1. The quantitative estimate of drug-likeness (QED) is 0.741. The van der Waals surface area contributed by atoms with Gasteiger partial charge in [-0.15, -0.1) is 0 Å². The third kappa shape index (κ3) is 3.45. The maximum atomic E-state index is 12.7. The molecule has 0 unspecified atom stereocenters. The van der Waals surface area contributed by atoms with Crippen molar-refractivity contribution in [1.82, 2.24) is 0 Å². The molecule has 8 heteroatoms. The molecule has 0 aliphatic carbocycles. The van der Waals surface area contributed by atoms with Crippen LogP contribution < -0.4 is 0 Å². The van der Waals surface area contributed by atoms with E-state index in [9.17, 15) is 21.6 Å². The first-order chi connectivity index (χ1) is 11.7. The Morgan fingerprint density at radius 1 is 0.960 bits per heavy atom. The zero-order valence-electron chi connectivity index (χ0n) is 13.4. The van der Waals surface area contributed by atoms with Crippen LogP contribution in [0.1, 0.15) is 28.4 Å². The zero-order valence-corrected chi connectivity index (χ0v) is 15.1. The molecular formula is C17H16O6S2. The summed E-state index contributed by atoms with van der Waals surface area (Å²) >= 11 is 0. The monoisotopic (exact) mass is 380 g/mol. The predicted octanol–water partition coefficient (Wildman–Crippen LogP) is 2.12. The highest BCUT2D eigenvalue weighted by Gasteiger charge is 2.26. The summed E-state index contributed by atoms with van der Waals surface area (Å²) in [5.74, 6) is -1.31. The molecule has 4 bridgehead atoms. The van der Waals surface area contributed by atoms with Crippen LogP contribution >= 0.6 is 0 Å². The molecule has 1 aliphatic rings. The van der Waals surface area contributed by atoms with E-state index < -0.39 is 31.4 Å². The summed E-state index contributed by atoms with van der Waals surface area (Å²) in [6, 6.07) is 9.68. The molecule has 132 valence electrons. The fourth-order valence-electron chi connectivity index (χ4n) is 2.72. The van der Waals surface area contributed by atoms with Crippen LogP contribution in [0, 0.1) is 0 Å². The van der Waals surface area contributed by atoms with E-state index in [2.05, 4.69) is 0 Å². The smallest absolute Gasteiger partial charge is 0.338 e. The summed E-state index contributed by atoms with van der Waals surface area (Å²) in [6.07, 6.45) is 0. The van der Waals surface area contributed by atoms with Gasteiger partial charge in [0.1, 0.15) is 0 Å². The molecule has 0 amide bonds. The highest BCUT2D eigenvalue weighted by atomic mass is 32.2. The van der Waals surface area contributed by atoms with Crippen LogP contribution in [-0.4, -0.2) is 29.4 Å². The van der Waals surface area contributed by atoms with E-state index in [1.807, 2.05) is 0 Å². The SMILES string of the molecule is CCOC(=O)c1ccc2cc1CS(=O)(=O)c1cccc(c1)S(=O)(=O)C2. The van der Waals surface area contributed by atoms with E-state index in [-0.39, 0.29) is 33.3 Å². The second-order valence-corrected chi connectivity index (χ2v) is 9.68. The molecule has 0 atom stereocenters. The Balaban J connectivity index is 2.23. The highest BCUT2D eigenvalue weighted by Crippen LogP contribution is 2.27. The molecule has 0 spiro atoms. The van der Waals surface area contributed by atoms with Crippen molar-refractivity contribution in [2.45, 2.75) is 28.2 Å². The lowest BCUT2D eigenvalue weighted by atomic mass is 10.1. The van der Waals surface area contributed by atoms with Gasteiger partial charge >= 0.3 is 5.97 Å². The topological polar surface area (TPSA) is 94.6 Å². The molecular weight excluding hydrogens is 364 g/mol. The second-order valence-electron chi connectivity index (χ2n) is 5.70. The van der Waals surface area contributed by atoms with Crippen LogP contribution in [0.25, 0.3) is 0 Å². The Morgan fingerprint density at radius 2 is 1.60 bits per heavy atom. The second kappa shape index (κ2) is 6.27. The Hall–Kier alpha value is -2.19. The molecule has 2 aromatic carbocycles. The Bertz CT molecular complexity index is 1050. The predicted molar refractivity (Wildman–Crippen MR) is 90.6 cm³/mol. The lowest BCUT2D eigenvalue weighted by molar-refractivity contribution is 0.0525. The molecule has 25 heavy (non-hydrogen) atoms. The van der Waals surface area contributed by atoms with Gasteiger partial charge in [-0.25, -0.2) is 21.6 Å². The first-order valence-corrected chi connectivity index (χ1v) is 10.9. The minimum atomic E-state index is -3.81. The van der Waals surface area contributed by atoms with Crippen LogP contribution in [0.4, 0.5) is 0 Å². The van der Waals surface area contributed by atoms with Crippen molar-refractivity contribution in [3.05, 3.63) is 59.2 Å². The molecule has 0 fully saturated rings. The van der Waals surface area contributed by atoms with Crippen molar-refractivity contribution in [3.63, 3.8) is 0 Å². The molecule has 0 radical (unpaired) electrons. The number of sulfone groups is 2. The molecule has 3 rings (SSSR count). The molecule has 2 aromatic rings. The molecule has 6 nitrogen and oxygen atoms in total. The van der Waals surface area contributed by atoms with Crippen molar-refractivity contribution in [2.75, 3.05) is 6.61 Å². The fraction of sp³-hybridized carbons (Fsp3) is 0.235. The van der Waals surface area contributed by atoms with Crippen LogP contribution in [0.5, 0.6) is 0 Å². The number of carbonyl (C=O) groups excluding carboxylic acids is 1. The van der Waals surface area contributed by atoms with Gasteiger partial charge in [0.05, 0.1) is 33.5 Å². The van der Waals surface area contributed by atoms with Crippen molar-refractivity contribution in [1.29, 1.82) is 0 Å². The fourth-order valence-corrected chi connectivity index (χ4v) is 5.58. The van der Waals surface area contributed by atoms with Gasteiger partial charge in [-0.1, -0.05) is 18.2 Å². The number of hydrogen-bond acceptors (Lipinski definition) is 6. The lowest BCUT2D eigenvalue weighted by Crippen LogP contribution is -2.15. The first-order valence-electron chi connectivity index (χ1n) is 7.57. The Kier molecular flexibility index (Phi) is 4.42. The van der Waals surface area contributed by atoms with Crippen molar-refractivity contribution in [3.8, 4) is 0 Å². The molecule has 0 saturated carbocycles. The maximum absolute atomic E-state index is 12.7. The maximum Gasteiger partial charge on any atom is 0.338 e. The summed E-state index contributed by atoms with van der Waals surface area (Å²) in [5.41, 5.74) is 0.785. The van der Waals surface area contributed by atoms with Gasteiger partial charge in [-0.05, 0) is 42.3 Å². The highest BCUT2D eigenvalue weighted by molar-refractivity contribution is 7.91. The minimum Gasteiger partial charge on any atom is -0.462 e. The average molecular weight is 380 g/mol. The largest absolute Gasteiger partial charge is 0.462 e. The van der Waals surface area contributed by atoms with Gasteiger partial charge in [-0.2, -0.15) is 0 Å². The van der Waals surface area contributed by atoms with Gasteiger partial charge in [-0.3, -0.25) is 0 Å². The normalized spacial score (nSPS) is 17.5. The summed E-state index contributed by atoms with van der Waals surface area (Å²) < 4.78 is 55.4. The Morgan fingerprint density at radius 3 is 2.24 bits per heavy atom. The van der Waals surface area contributed by atoms with E-state index >= 15 is 0 Å². The third-order valence-electron chi connectivity index (χ3n) is 3.89. The van der Waals surface area contributed by atoms with E-state index in [0.29, 0.717) is 5.56 Å². The summed E-state index contributed by atoms with van der Waals surface area (Å²) in [4.78, 5) is 12.0. The molecule has 0 N–H and O–H groups in total. The van der Waals surface area contributed by atoms with Crippen LogP contribution in [0.15, 0.2) is 52.3 Å². The van der Waals surface area contributed by atoms with Crippen LogP contribution in [0.3, 0.4) is 0 Å². The Labute approximate surface area is 146 Å². The number of rotatable bonds is 2. The summed E-state index contributed by atoms with van der Waals surface area (Å²) in [7, 11) is -7.50.